The zero-order chi connectivity index (χ0) is 22.1. The first kappa shape index (κ1) is 21.7. The molecule has 1 saturated heterocycles. The van der Waals surface area contributed by atoms with Crippen molar-refractivity contribution in [3.05, 3.63) is 57.3 Å². The molecule has 164 valence electrons. The molecule has 1 fully saturated rings. The molecule has 0 radical (unpaired) electrons. The van der Waals surface area contributed by atoms with Crippen molar-refractivity contribution in [2.75, 3.05) is 19.7 Å². The molecule has 3 aliphatic rings. The molecule has 1 amide bonds. The van der Waals surface area contributed by atoms with Crippen molar-refractivity contribution in [3.63, 3.8) is 0 Å². The molecular weight excluding hydrogens is 410 g/mol. The maximum absolute atomic E-state index is 13.0. The van der Waals surface area contributed by atoms with E-state index in [1.54, 1.807) is 0 Å². The second-order valence-corrected chi connectivity index (χ2v) is 9.07. The average Bonchev–Trinajstić information content (AvgIpc) is 3.38. The van der Waals surface area contributed by atoms with Gasteiger partial charge in [0.15, 0.2) is 5.17 Å². The predicted octanol–water partition coefficient (Wildman–Crippen LogP) is 4.45. The van der Waals surface area contributed by atoms with Gasteiger partial charge >= 0.3 is 5.97 Å². The lowest BCUT2D eigenvalue weighted by molar-refractivity contribution is -0.139. The van der Waals surface area contributed by atoms with E-state index in [0.717, 1.165) is 47.9 Å². The second kappa shape index (κ2) is 8.91. The fraction of sp³-hybridized carbons (Fsp3) is 0.458. The number of aryl methyl sites for hydroxylation is 2. The highest BCUT2D eigenvalue weighted by molar-refractivity contribution is 8.16. The summed E-state index contributed by atoms with van der Waals surface area (Å²) in [7, 11) is 0. The highest BCUT2D eigenvalue weighted by Crippen LogP contribution is 2.45. The molecule has 0 aromatic heterocycles. The molecule has 6 nitrogen and oxygen atoms in total. The fourth-order valence-corrected chi connectivity index (χ4v) is 5.46. The van der Waals surface area contributed by atoms with E-state index >= 15 is 0 Å². The molecule has 31 heavy (non-hydrogen) atoms. The monoisotopic (exact) mass is 439 g/mol. The Hall–Kier alpha value is -2.54. The van der Waals surface area contributed by atoms with Gasteiger partial charge in [-0.25, -0.2) is 9.79 Å². The van der Waals surface area contributed by atoms with Gasteiger partial charge in [-0.15, -0.1) is 0 Å². The number of amidine groups is 1. The van der Waals surface area contributed by atoms with Crippen LogP contribution in [0.5, 0.6) is 0 Å². The highest BCUT2D eigenvalue weighted by Gasteiger charge is 2.42. The Kier molecular flexibility index (Phi) is 6.23. The summed E-state index contributed by atoms with van der Waals surface area (Å²) in [5, 5.41) is 2.81. The van der Waals surface area contributed by atoms with Crippen molar-refractivity contribution < 1.29 is 14.3 Å². The lowest BCUT2D eigenvalue weighted by Crippen LogP contribution is -2.38. The normalized spacial score (nSPS) is 20.6. The van der Waals surface area contributed by atoms with Crippen LogP contribution in [0.25, 0.3) is 0 Å². The van der Waals surface area contributed by atoms with E-state index in [4.69, 9.17) is 9.73 Å². The molecule has 1 atom stereocenters. The van der Waals surface area contributed by atoms with Gasteiger partial charge in [-0.05, 0) is 57.1 Å². The summed E-state index contributed by atoms with van der Waals surface area (Å²) >= 11 is 1.51. The minimum Gasteiger partial charge on any atom is -0.463 e. The fourth-order valence-electron chi connectivity index (χ4n) is 4.50. The van der Waals surface area contributed by atoms with Gasteiger partial charge in [0.05, 0.1) is 30.3 Å². The molecule has 1 aromatic carbocycles. The minimum absolute atomic E-state index is 0.133. The number of carbonyl (C=O) groups excluding carboxylic acids is 2. The van der Waals surface area contributed by atoms with Crippen LogP contribution in [0.2, 0.25) is 0 Å². The van der Waals surface area contributed by atoms with E-state index in [9.17, 15) is 9.59 Å². The summed E-state index contributed by atoms with van der Waals surface area (Å²) in [6, 6.07) is 5.90. The third-order valence-corrected chi connectivity index (χ3v) is 6.90. The molecule has 3 heterocycles. The average molecular weight is 440 g/mol. The lowest BCUT2D eigenvalue weighted by Gasteiger charge is -2.37. The molecule has 1 aromatic rings. The van der Waals surface area contributed by atoms with Crippen LogP contribution in [0.15, 0.2) is 45.6 Å². The Morgan fingerprint density at radius 1 is 1.19 bits per heavy atom. The van der Waals surface area contributed by atoms with Crippen LogP contribution >= 0.6 is 11.8 Å². The molecule has 0 saturated carbocycles. The van der Waals surface area contributed by atoms with Gasteiger partial charge in [0.2, 0.25) is 5.91 Å². The number of thioether (sulfide) groups is 1. The maximum Gasteiger partial charge on any atom is 0.338 e. The Morgan fingerprint density at radius 3 is 2.61 bits per heavy atom. The van der Waals surface area contributed by atoms with Gasteiger partial charge in [-0.1, -0.05) is 35.5 Å². The van der Waals surface area contributed by atoms with Crippen molar-refractivity contribution >= 4 is 28.8 Å². The van der Waals surface area contributed by atoms with Gasteiger partial charge in [0.25, 0.3) is 0 Å². The van der Waals surface area contributed by atoms with Gasteiger partial charge in [-0.3, -0.25) is 4.79 Å². The second-order valence-electron chi connectivity index (χ2n) is 8.24. The van der Waals surface area contributed by atoms with Crippen molar-refractivity contribution in [1.82, 2.24) is 9.80 Å². The maximum atomic E-state index is 13.0. The summed E-state index contributed by atoms with van der Waals surface area (Å²) in [5.74, 6) is -0.219. The number of hydrogen-bond donors (Lipinski definition) is 0. The number of likely N-dealkylation sites (tertiary alicyclic amines) is 1. The topological polar surface area (TPSA) is 62.2 Å². The molecule has 0 bridgehead atoms. The first-order chi connectivity index (χ1) is 14.9. The molecule has 0 aliphatic carbocycles. The number of fused-ring (bicyclic) bond motifs is 1. The number of esters is 1. The number of hydrogen-bond acceptors (Lipinski definition) is 6. The van der Waals surface area contributed by atoms with E-state index in [1.807, 2.05) is 24.2 Å². The number of rotatable bonds is 5. The van der Waals surface area contributed by atoms with Crippen molar-refractivity contribution in [2.45, 2.75) is 53.0 Å². The van der Waals surface area contributed by atoms with E-state index in [-0.39, 0.29) is 17.9 Å². The van der Waals surface area contributed by atoms with E-state index in [0.29, 0.717) is 24.3 Å². The quantitative estimate of drug-likeness (QED) is 0.634. The summed E-state index contributed by atoms with van der Waals surface area (Å²) in [5.41, 5.74) is 5.40. The summed E-state index contributed by atoms with van der Waals surface area (Å²) in [6.45, 7) is 9.75. The van der Waals surface area contributed by atoms with Gasteiger partial charge in [0.1, 0.15) is 0 Å². The van der Waals surface area contributed by atoms with Crippen LogP contribution < -0.4 is 0 Å². The van der Waals surface area contributed by atoms with E-state index < -0.39 is 0 Å². The Morgan fingerprint density at radius 2 is 1.94 bits per heavy atom. The van der Waals surface area contributed by atoms with Crippen molar-refractivity contribution in [2.24, 2.45) is 4.99 Å². The van der Waals surface area contributed by atoms with Crippen LogP contribution in [0, 0.1) is 13.8 Å². The Balaban J connectivity index is 1.75. The number of amides is 1. The molecular formula is C24H29N3O3S. The molecule has 0 spiro atoms. The van der Waals surface area contributed by atoms with Crippen molar-refractivity contribution in [3.8, 4) is 0 Å². The number of allylic oxidation sites excluding steroid dienone is 1. The summed E-state index contributed by atoms with van der Waals surface area (Å²) in [6.07, 6.45) is 2.44. The van der Waals surface area contributed by atoms with Crippen LogP contribution in [-0.4, -0.2) is 46.5 Å². The smallest absolute Gasteiger partial charge is 0.338 e. The highest BCUT2D eigenvalue weighted by atomic mass is 32.2. The Labute approximate surface area is 188 Å². The lowest BCUT2D eigenvalue weighted by atomic mass is 9.90. The zero-order valence-corrected chi connectivity index (χ0v) is 19.4. The molecule has 3 aliphatic heterocycles. The first-order valence-corrected chi connectivity index (χ1v) is 11.7. The standard InChI is InChI=1S/C24H29N3O3S/c1-5-30-23(29)21-17(4)25-24-27(22(21)19-9-8-15(2)12-16(19)3)18(14-31-24)13-20(28)26-10-6-7-11-26/h8-9,12,14,22H,5-7,10-11,13H2,1-4H3/t22-/m1/s1. The van der Waals surface area contributed by atoms with E-state index in [2.05, 4.69) is 36.9 Å². The zero-order valence-electron chi connectivity index (χ0n) is 18.6. The van der Waals surface area contributed by atoms with Crippen LogP contribution in [0.3, 0.4) is 0 Å². The number of aliphatic imine (C=N–C) groups is 1. The number of carbonyl (C=O) groups is 2. The number of nitrogens with zero attached hydrogens (tertiary/aromatic N) is 3. The number of ether oxygens (including phenoxy) is 1. The van der Waals surface area contributed by atoms with Crippen LogP contribution in [-0.2, 0) is 14.3 Å². The predicted molar refractivity (Wildman–Crippen MR) is 123 cm³/mol. The van der Waals surface area contributed by atoms with Crippen LogP contribution in [0.4, 0.5) is 0 Å². The van der Waals surface area contributed by atoms with E-state index in [1.165, 1.54) is 17.3 Å². The molecule has 7 heteroatoms. The third-order valence-electron chi connectivity index (χ3n) is 6.01. The molecule has 0 N–H and O–H groups in total. The van der Waals surface area contributed by atoms with Gasteiger partial charge in [0, 0.05) is 18.8 Å². The Bertz CT molecular complexity index is 1010. The summed E-state index contributed by atoms with van der Waals surface area (Å²) < 4.78 is 5.42. The molecule has 4 rings (SSSR count). The van der Waals surface area contributed by atoms with Crippen LogP contribution in [0.1, 0.15) is 55.8 Å². The SMILES string of the molecule is CCOC(=O)C1=C(C)N=C2SC=C(CC(=O)N3CCCC3)N2[C@@H]1c1ccc(C)cc1C. The van der Waals surface area contributed by atoms with Gasteiger partial charge < -0.3 is 14.5 Å². The summed E-state index contributed by atoms with van der Waals surface area (Å²) in [4.78, 5) is 34.7. The molecule has 0 unspecified atom stereocenters. The van der Waals surface area contributed by atoms with Gasteiger partial charge in [-0.2, -0.15) is 0 Å². The minimum atomic E-state index is -0.361. The van der Waals surface area contributed by atoms with Crippen molar-refractivity contribution in [1.29, 1.82) is 0 Å². The largest absolute Gasteiger partial charge is 0.463 e. The first-order valence-electron chi connectivity index (χ1n) is 10.9. The number of benzene rings is 1. The third kappa shape index (κ3) is 4.15.